The van der Waals surface area contributed by atoms with E-state index in [1.54, 1.807) is 6.07 Å². The van der Waals surface area contributed by atoms with E-state index in [0.29, 0.717) is 23.2 Å². The first-order valence-corrected chi connectivity index (χ1v) is 5.60. The van der Waals surface area contributed by atoms with Gasteiger partial charge in [-0.15, -0.1) is 0 Å². The molecule has 0 saturated heterocycles. The van der Waals surface area contributed by atoms with Gasteiger partial charge in [0.05, 0.1) is 4.92 Å². The molecule has 0 aliphatic rings. The Labute approximate surface area is 99.8 Å². The maximum atomic E-state index is 10.8. The van der Waals surface area contributed by atoms with Gasteiger partial charge < -0.3 is 5.32 Å². The number of benzene rings is 1. The van der Waals surface area contributed by atoms with E-state index in [-0.39, 0.29) is 5.69 Å². The van der Waals surface area contributed by atoms with E-state index in [2.05, 4.69) is 19.2 Å². The van der Waals surface area contributed by atoms with Gasteiger partial charge in [0.1, 0.15) is 5.69 Å². The summed E-state index contributed by atoms with van der Waals surface area (Å²) >= 11 is 5.81. The lowest BCUT2D eigenvalue weighted by Gasteiger charge is -2.11. The van der Waals surface area contributed by atoms with Crippen molar-refractivity contribution in [3.63, 3.8) is 0 Å². The topological polar surface area (TPSA) is 55.2 Å². The first kappa shape index (κ1) is 12.8. The van der Waals surface area contributed by atoms with E-state index in [0.717, 1.165) is 6.42 Å². The average molecular weight is 243 g/mol. The molecule has 0 spiro atoms. The van der Waals surface area contributed by atoms with Crippen LogP contribution in [-0.2, 0) is 0 Å². The Balaban J connectivity index is 2.84. The highest BCUT2D eigenvalue weighted by atomic mass is 35.5. The molecule has 88 valence electrons. The van der Waals surface area contributed by atoms with Gasteiger partial charge in [0, 0.05) is 17.6 Å². The van der Waals surface area contributed by atoms with Gasteiger partial charge in [0.2, 0.25) is 0 Å². The fourth-order valence-electron chi connectivity index (χ4n) is 1.24. The van der Waals surface area contributed by atoms with Crippen LogP contribution in [0, 0.1) is 16.0 Å². The molecule has 0 saturated carbocycles. The summed E-state index contributed by atoms with van der Waals surface area (Å²) in [5, 5.41) is 14.3. The quantitative estimate of drug-likeness (QED) is 0.633. The van der Waals surface area contributed by atoms with E-state index in [1.807, 2.05) is 0 Å². The molecule has 0 aliphatic carbocycles. The normalized spacial score (nSPS) is 12.2. The molecule has 0 fully saturated rings. The number of nitro groups is 1. The Kier molecular flexibility index (Phi) is 4.55. The number of rotatable bonds is 5. The van der Waals surface area contributed by atoms with Gasteiger partial charge in [-0.05, 0) is 18.1 Å². The van der Waals surface area contributed by atoms with Crippen LogP contribution in [0.5, 0.6) is 0 Å². The molecule has 0 aromatic heterocycles. The van der Waals surface area contributed by atoms with Crippen molar-refractivity contribution in [2.45, 2.75) is 20.3 Å². The lowest BCUT2D eigenvalue weighted by atomic mass is 10.1. The molecule has 16 heavy (non-hydrogen) atoms. The molecule has 1 atom stereocenters. The van der Waals surface area contributed by atoms with Crippen molar-refractivity contribution >= 4 is 23.0 Å². The second-order valence-electron chi connectivity index (χ2n) is 3.81. The van der Waals surface area contributed by atoms with Gasteiger partial charge in [0.15, 0.2) is 0 Å². The summed E-state index contributed by atoms with van der Waals surface area (Å²) in [6.45, 7) is 4.87. The number of hydrogen-bond acceptors (Lipinski definition) is 3. The molecule has 0 heterocycles. The van der Waals surface area contributed by atoms with E-state index in [4.69, 9.17) is 11.6 Å². The Morgan fingerprint density at radius 1 is 1.56 bits per heavy atom. The third kappa shape index (κ3) is 3.38. The summed E-state index contributed by atoms with van der Waals surface area (Å²) < 4.78 is 0. The molecule has 0 amide bonds. The van der Waals surface area contributed by atoms with Gasteiger partial charge >= 0.3 is 0 Å². The second kappa shape index (κ2) is 5.70. The van der Waals surface area contributed by atoms with Crippen LogP contribution in [-0.4, -0.2) is 11.5 Å². The molecule has 4 nitrogen and oxygen atoms in total. The molecular formula is C11H15ClN2O2. The zero-order valence-corrected chi connectivity index (χ0v) is 10.1. The number of nitrogens with zero attached hydrogens (tertiary/aromatic N) is 1. The Morgan fingerprint density at radius 3 is 2.81 bits per heavy atom. The summed E-state index contributed by atoms with van der Waals surface area (Å²) in [7, 11) is 0. The maximum absolute atomic E-state index is 10.8. The lowest BCUT2D eigenvalue weighted by Crippen LogP contribution is -2.11. The van der Waals surface area contributed by atoms with E-state index in [9.17, 15) is 10.1 Å². The number of nitrogens with one attached hydrogen (secondary N) is 1. The number of halogens is 1. The molecule has 1 N–H and O–H groups in total. The molecule has 1 aromatic rings. The first-order valence-electron chi connectivity index (χ1n) is 5.22. The Morgan fingerprint density at radius 2 is 2.25 bits per heavy atom. The molecule has 1 aromatic carbocycles. The third-order valence-electron chi connectivity index (χ3n) is 2.49. The summed E-state index contributed by atoms with van der Waals surface area (Å²) in [6, 6.07) is 4.53. The maximum Gasteiger partial charge on any atom is 0.292 e. The summed E-state index contributed by atoms with van der Waals surface area (Å²) in [4.78, 5) is 10.4. The smallest absolute Gasteiger partial charge is 0.292 e. The minimum absolute atomic E-state index is 0.0627. The minimum Gasteiger partial charge on any atom is -0.379 e. The van der Waals surface area contributed by atoms with Crippen LogP contribution in [0.25, 0.3) is 0 Å². The fraction of sp³-hybridized carbons (Fsp3) is 0.455. The van der Waals surface area contributed by atoms with Crippen LogP contribution in [0.3, 0.4) is 0 Å². The Bertz CT molecular complexity index is 382. The monoisotopic (exact) mass is 242 g/mol. The SMILES string of the molecule is CCC(C)CNc1cc(Cl)ccc1[N+](=O)[O-]. The van der Waals surface area contributed by atoms with Crippen molar-refractivity contribution in [1.29, 1.82) is 0 Å². The van der Waals surface area contributed by atoms with E-state index >= 15 is 0 Å². The van der Waals surface area contributed by atoms with Crippen molar-refractivity contribution < 1.29 is 4.92 Å². The molecule has 5 heteroatoms. The van der Waals surface area contributed by atoms with Gasteiger partial charge in [-0.1, -0.05) is 31.9 Å². The van der Waals surface area contributed by atoms with Crippen molar-refractivity contribution in [2.24, 2.45) is 5.92 Å². The van der Waals surface area contributed by atoms with E-state index in [1.165, 1.54) is 12.1 Å². The highest BCUT2D eigenvalue weighted by Crippen LogP contribution is 2.27. The standard InChI is InChI=1S/C11H15ClN2O2/c1-3-8(2)7-13-10-6-9(12)4-5-11(10)14(15)16/h4-6,8,13H,3,7H2,1-2H3. The minimum atomic E-state index is -0.407. The zero-order chi connectivity index (χ0) is 12.1. The number of hydrogen-bond donors (Lipinski definition) is 1. The van der Waals surface area contributed by atoms with Crippen molar-refractivity contribution in [3.8, 4) is 0 Å². The average Bonchev–Trinajstić information content (AvgIpc) is 2.25. The Hall–Kier alpha value is -1.29. The molecule has 1 rings (SSSR count). The van der Waals surface area contributed by atoms with Gasteiger partial charge in [-0.3, -0.25) is 10.1 Å². The first-order chi connectivity index (χ1) is 7.54. The lowest BCUT2D eigenvalue weighted by molar-refractivity contribution is -0.384. The molecule has 0 aliphatic heterocycles. The molecule has 0 radical (unpaired) electrons. The predicted octanol–water partition coefficient (Wildman–Crippen LogP) is 3.71. The van der Waals surface area contributed by atoms with Crippen LogP contribution in [0.15, 0.2) is 18.2 Å². The summed E-state index contributed by atoms with van der Waals surface area (Å²) in [5.41, 5.74) is 0.547. The van der Waals surface area contributed by atoms with Crippen LogP contribution in [0.4, 0.5) is 11.4 Å². The van der Waals surface area contributed by atoms with E-state index < -0.39 is 4.92 Å². The van der Waals surface area contributed by atoms with Crippen molar-refractivity contribution in [1.82, 2.24) is 0 Å². The van der Waals surface area contributed by atoms with Crippen LogP contribution < -0.4 is 5.32 Å². The van der Waals surface area contributed by atoms with Gasteiger partial charge in [-0.2, -0.15) is 0 Å². The number of nitro benzene ring substituents is 1. The summed E-state index contributed by atoms with van der Waals surface area (Å²) in [6.07, 6.45) is 1.03. The van der Waals surface area contributed by atoms with Crippen molar-refractivity contribution in [2.75, 3.05) is 11.9 Å². The third-order valence-corrected chi connectivity index (χ3v) is 2.73. The van der Waals surface area contributed by atoms with Crippen LogP contribution >= 0.6 is 11.6 Å². The summed E-state index contributed by atoms with van der Waals surface area (Å²) in [5.74, 6) is 0.471. The fourth-order valence-corrected chi connectivity index (χ4v) is 1.41. The molecular weight excluding hydrogens is 228 g/mol. The van der Waals surface area contributed by atoms with Crippen molar-refractivity contribution in [3.05, 3.63) is 33.3 Å². The highest BCUT2D eigenvalue weighted by molar-refractivity contribution is 6.31. The number of anilines is 1. The molecule has 0 bridgehead atoms. The van der Waals surface area contributed by atoms with Crippen LogP contribution in [0.2, 0.25) is 5.02 Å². The zero-order valence-electron chi connectivity index (χ0n) is 9.37. The second-order valence-corrected chi connectivity index (χ2v) is 4.25. The van der Waals surface area contributed by atoms with Crippen LogP contribution in [0.1, 0.15) is 20.3 Å². The predicted molar refractivity (Wildman–Crippen MR) is 66.1 cm³/mol. The van der Waals surface area contributed by atoms with Gasteiger partial charge in [0.25, 0.3) is 5.69 Å². The van der Waals surface area contributed by atoms with Gasteiger partial charge in [-0.25, -0.2) is 0 Å². The molecule has 1 unspecified atom stereocenters. The largest absolute Gasteiger partial charge is 0.379 e. The highest BCUT2D eigenvalue weighted by Gasteiger charge is 2.13.